The summed E-state index contributed by atoms with van der Waals surface area (Å²) in [5.74, 6) is -1.41. The quantitative estimate of drug-likeness (QED) is 0.587. The molecule has 1 unspecified atom stereocenters. The average molecular weight is 235 g/mol. The Kier molecular flexibility index (Phi) is 2.44. The number of carbonyl (C=O) groups is 1. The van der Waals surface area contributed by atoms with Gasteiger partial charge in [-0.2, -0.15) is 0 Å². The molecule has 0 amide bonds. The van der Waals surface area contributed by atoms with Crippen molar-refractivity contribution in [2.45, 2.75) is 12.0 Å². The number of rotatable bonds is 2. The minimum absolute atomic E-state index is 0.0571. The summed E-state index contributed by atoms with van der Waals surface area (Å²) < 4.78 is 0. The smallest absolute Gasteiger partial charge is 0.340 e. The van der Waals surface area contributed by atoms with Crippen LogP contribution >= 0.6 is 0 Å². The third-order valence-corrected chi connectivity index (χ3v) is 2.79. The molecule has 0 bridgehead atoms. The Morgan fingerprint density at radius 3 is 2.65 bits per heavy atom. The zero-order valence-electron chi connectivity index (χ0n) is 8.66. The van der Waals surface area contributed by atoms with Crippen LogP contribution in [0, 0.1) is 10.1 Å². The molecule has 0 heterocycles. The van der Waals surface area contributed by atoms with Gasteiger partial charge in [-0.3, -0.25) is 10.1 Å². The van der Waals surface area contributed by atoms with Gasteiger partial charge in [0.15, 0.2) is 5.60 Å². The number of nitro groups is 1. The van der Waals surface area contributed by atoms with Crippen molar-refractivity contribution >= 4 is 11.7 Å². The van der Waals surface area contributed by atoms with Gasteiger partial charge >= 0.3 is 5.97 Å². The number of hydrogen-bond acceptors (Lipinski definition) is 4. The van der Waals surface area contributed by atoms with Crippen LogP contribution < -0.4 is 0 Å². The summed E-state index contributed by atoms with van der Waals surface area (Å²) in [6.45, 7) is 0. The van der Waals surface area contributed by atoms with E-state index in [1.165, 1.54) is 18.2 Å². The normalized spacial score (nSPS) is 22.5. The van der Waals surface area contributed by atoms with Gasteiger partial charge in [-0.05, 0) is 12.1 Å². The molecule has 2 N–H and O–H groups in total. The highest BCUT2D eigenvalue weighted by molar-refractivity contribution is 5.84. The highest BCUT2D eigenvalue weighted by atomic mass is 16.6. The van der Waals surface area contributed by atoms with Crippen molar-refractivity contribution in [3.63, 3.8) is 0 Å². The number of aliphatic carboxylic acids is 1. The summed E-state index contributed by atoms with van der Waals surface area (Å²) >= 11 is 0. The van der Waals surface area contributed by atoms with Crippen LogP contribution in [-0.4, -0.2) is 21.1 Å². The van der Waals surface area contributed by atoms with Gasteiger partial charge in [0.1, 0.15) is 0 Å². The molecule has 1 aliphatic carbocycles. The highest BCUT2D eigenvalue weighted by Gasteiger charge is 2.44. The lowest BCUT2D eigenvalue weighted by Gasteiger charge is -2.27. The first-order valence-electron chi connectivity index (χ1n) is 4.87. The van der Waals surface area contributed by atoms with E-state index in [1.807, 2.05) is 0 Å². The fourth-order valence-corrected chi connectivity index (χ4v) is 1.91. The summed E-state index contributed by atoms with van der Waals surface area (Å²) in [5.41, 5.74) is -2.06. The Labute approximate surface area is 96.0 Å². The Morgan fingerprint density at radius 1 is 1.41 bits per heavy atom. The predicted molar refractivity (Wildman–Crippen MR) is 57.6 cm³/mol. The molecular formula is C11H9NO5. The van der Waals surface area contributed by atoms with Crippen LogP contribution in [0.3, 0.4) is 0 Å². The van der Waals surface area contributed by atoms with Gasteiger partial charge in [-0.1, -0.05) is 18.2 Å². The summed E-state index contributed by atoms with van der Waals surface area (Å²) in [5, 5.41) is 29.9. The van der Waals surface area contributed by atoms with E-state index >= 15 is 0 Å². The Bertz CT molecular complexity index is 536. The number of nitrogens with zero attached hydrogens (tertiary/aromatic N) is 1. The number of carboxylic acids is 1. The van der Waals surface area contributed by atoms with E-state index in [-0.39, 0.29) is 23.2 Å². The van der Waals surface area contributed by atoms with Crippen LogP contribution in [0.5, 0.6) is 0 Å². The maximum absolute atomic E-state index is 11.1. The predicted octanol–water partition coefficient (Wildman–Crippen LogP) is 0.980. The number of benzene rings is 1. The second kappa shape index (κ2) is 3.67. The molecule has 88 valence electrons. The molecule has 1 aromatic rings. The number of carboxylic acid groups (broad SMARTS) is 1. The second-order valence-electron chi connectivity index (χ2n) is 3.76. The van der Waals surface area contributed by atoms with Crippen LogP contribution in [0.2, 0.25) is 0 Å². The maximum atomic E-state index is 11.1. The van der Waals surface area contributed by atoms with Crippen LogP contribution in [0.4, 0.5) is 0 Å². The molecule has 0 aliphatic heterocycles. The van der Waals surface area contributed by atoms with Gasteiger partial charge in [0.25, 0.3) is 5.70 Å². The van der Waals surface area contributed by atoms with E-state index < -0.39 is 16.5 Å². The molecule has 0 saturated carbocycles. The molecule has 0 fully saturated rings. The molecule has 0 spiro atoms. The van der Waals surface area contributed by atoms with Gasteiger partial charge in [0.2, 0.25) is 0 Å². The largest absolute Gasteiger partial charge is 0.479 e. The van der Waals surface area contributed by atoms with Crippen LogP contribution in [0.25, 0.3) is 5.70 Å². The molecule has 6 heteroatoms. The van der Waals surface area contributed by atoms with Crippen LogP contribution in [0.15, 0.2) is 30.3 Å². The summed E-state index contributed by atoms with van der Waals surface area (Å²) in [7, 11) is 0. The fraction of sp³-hybridized carbons (Fsp3) is 0.182. The summed E-state index contributed by atoms with van der Waals surface area (Å²) in [6, 6.07) is 5.91. The lowest BCUT2D eigenvalue weighted by molar-refractivity contribution is -0.376. The summed E-state index contributed by atoms with van der Waals surface area (Å²) in [6.07, 6.45) is 0.826. The first-order valence-corrected chi connectivity index (χ1v) is 4.87. The molecule has 0 radical (unpaired) electrons. The van der Waals surface area contributed by atoms with Crippen molar-refractivity contribution in [2.75, 3.05) is 0 Å². The van der Waals surface area contributed by atoms with Crippen molar-refractivity contribution in [2.24, 2.45) is 0 Å². The van der Waals surface area contributed by atoms with Crippen molar-refractivity contribution in [1.82, 2.24) is 0 Å². The third-order valence-electron chi connectivity index (χ3n) is 2.79. The number of fused-ring (bicyclic) bond motifs is 1. The molecule has 17 heavy (non-hydrogen) atoms. The monoisotopic (exact) mass is 235 g/mol. The van der Waals surface area contributed by atoms with E-state index in [2.05, 4.69) is 0 Å². The second-order valence-corrected chi connectivity index (χ2v) is 3.76. The van der Waals surface area contributed by atoms with E-state index in [0.717, 1.165) is 6.08 Å². The minimum Gasteiger partial charge on any atom is -0.479 e. The molecule has 0 aromatic heterocycles. The molecule has 6 nitrogen and oxygen atoms in total. The standard InChI is InChI=1S/C11H9NO5/c13-10(14)11(15)6-5-9(12(16)17)7-3-1-2-4-8(7)11/h1-5,15H,6H2,(H,13,14). The Hall–Kier alpha value is -2.21. The van der Waals surface area contributed by atoms with Crippen molar-refractivity contribution in [3.05, 3.63) is 51.6 Å². The molecule has 2 rings (SSSR count). The molecule has 1 aliphatic rings. The van der Waals surface area contributed by atoms with Crippen LogP contribution in [0.1, 0.15) is 17.5 Å². The van der Waals surface area contributed by atoms with Gasteiger partial charge in [-0.25, -0.2) is 4.79 Å². The SMILES string of the molecule is O=C(O)C1(O)CC=C([N+](=O)[O-])c2ccccc21. The first kappa shape index (κ1) is 11.3. The number of hydrogen-bond donors (Lipinski definition) is 2. The van der Waals surface area contributed by atoms with E-state index in [0.29, 0.717) is 0 Å². The van der Waals surface area contributed by atoms with Crippen molar-refractivity contribution in [1.29, 1.82) is 0 Å². The lowest BCUT2D eigenvalue weighted by Crippen LogP contribution is -2.38. The fourth-order valence-electron chi connectivity index (χ4n) is 1.91. The van der Waals surface area contributed by atoms with E-state index in [9.17, 15) is 20.0 Å². The van der Waals surface area contributed by atoms with E-state index in [4.69, 9.17) is 5.11 Å². The topological polar surface area (TPSA) is 101 Å². The first-order chi connectivity index (χ1) is 7.97. The maximum Gasteiger partial charge on any atom is 0.340 e. The van der Waals surface area contributed by atoms with Gasteiger partial charge in [0.05, 0.1) is 10.5 Å². The van der Waals surface area contributed by atoms with Crippen molar-refractivity contribution < 1.29 is 19.9 Å². The molecule has 0 saturated heterocycles. The zero-order chi connectivity index (χ0) is 12.6. The number of aliphatic hydroxyl groups is 1. The van der Waals surface area contributed by atoms with Gasteiger partial charge < -0.3 is 10.2 Å². The van der Waals surface area contributed by atoms with Crippen LogP contribution in [-0.2, 0) is 10.4 Å². The van der Waals surface area contributed by atoms with Gasteiger partial charge in [0, 0.05) is 12.0 Å². The molecule has 1 atom stereocenters. The van der Waals surface area contributed by atoms with Crippen molar-refractivity contribution in [3.8, 4) is 0 Å². The highest BCUT2D eigenvalue weighted by Crippen LogP contribution is 2.37. The molecule has 1 aromatic carbocycles. The zero-order valence-corrected chi connectivity index (χ0v) is 8.66. The Morgan fingerprint density at radius 2 is 2.06 bits per heavy atom. The Balaban J connectivity index is 2.66. The third kappa shape index (κ3) is 1.58. The minimum atomic E-state index is -2.09. The summed E-state index contributed by atoms with van der Waals surface area (Å²) in [4.78, 5) is 21.3. The average Bonchev–Trinajstić information content (AvgIpc) is 2.29. The van der Waals surface area contributed by atoms with Gasteiger partial charge in [-0.15, -0.1) is 0 Å². The van der Waals surface area contributed by atoms with E-state index in [1.54, 1.807) is 6.07 Å². The molecular weight excluding hydrogens is 226 g/mol. The lowest BCUT2D eigenvalue weighted by atomic mass is 9.81.